The van der Waals surface area contributed by atoms with E-state index in [2.05, 4.69) is 63.1 Å². The fourth-order valence-corrected chi connectivity index (χ4v) is 2.46. The van der Waals surface area contributed by atoms with E-state index in [0.717, 1.165) is 6.54 Å². The third-order valence-corrected chi connectivity index (χ3v) is 3.98. The van der Waals surface area contributed by atoms with Crippen LogP contribution in [0.1, 0.15) is 39.2 Å². The van der Waals surface area contributed by atoms with Crippen LogP contribution < -0.4 is 5.73 Å². The van der Waals surface area contributed by atoms with Gasteiger partial charge in [0.1, 0.15) is 0 Å². The molecule has 2 heteroatoms. The zero-order valence-electron chi connectivity index (χ0n) is 12.3. The van der Waals surface area contributed by atoms with Crippen LogP contribution >= 0.6 is 0 Å². The van der Waals surface area contributed by atoms with Crippen molar-refractivity contribution in [2.45, 2.75) is 45.1 Å². The first kappa shape index (κ1) is 15.2. The minimum Gasteiger partial charge on any atom is -0.330 e. The van der Waals surface area contributed by atoms with E-state index >= 15 is 0 Å². The predicted octanol–water partition coefficient (Wildman–Crippen LogP) is 3.02. The highest BCUT2D eigenvalue weighted by Gasteiger charge is 2.27. The van der Waals surface area contributed by atoms with Crippen molar-refractivity contribution in [3.63, 3.8) is 0 Å². The smallest absolute Gasteiger partial charge is 0.0174 e. The van der Waals surface area contributed by atoms with E-state index in [4.69, 9.17) is 5.73 Å². The molecule has 1 rings (SSSR count). The van der Waals surface area contributed by atoms with Crippen molar-refractivity contribution >= 4 is 0 Å². The second-order valence-corrected chi connectivity index (χ2v) is 5.68. The van der Waals surface area contributed by atoms with Crippen molar-refractivity contribution < 1.29 is 0 Å². The lowest BCUT2D eigenvalue weighted by molar-refractivity contribution is 0.197. The van der Waals surface area contributed by atoms with E-state index in [0.29, 0.717) is 12.6 Å². The Bertz CT molecular complexity index is 336. The summed E-state index contributed by atoms with van der Waals surface area (Å²) in [6.45, 7) is 8.49. The molecule has 2 N–H and O–H groups in total. The van der Waals surface area contributed by atoms with Gasteiger partial charge in [0.25, 0.3) is 0 Å². The molecule has 0 spiro atoms. The molecule has 2 nitrogen and oxygen atoms in total. The lowest BCUT2D eigenvalue weighted by Crippen LogP contribution is -2.45. The lowest BCUT2D eigenvalue weighted by atomic mass is 9.81. The third-order valence-electron chi connectivity index (χ3n) is 3.98. The Morgan fingerprint density at radius 3 is 2.39 bits per heavy atom. The molecule has 0 bridgehead atoms. The van der Waals surface area contributed by atoms with Crippen LogP contribution in [0.5, 0.6) is 0 Å². The van der Waals surface area contributed by atoms with Crippen LogP contribution in [0, 0.1) is 0 Å². The van der Waals surface area contributed by atoms with Gasteiger partial charge in [-0.2, -0.15) is 0 Å². The van der Waals surface area contributed by atoms with Crippen molar-refractivity contribution in [1.82, 2.24) is 4.90 Å². The number of benzene rings is 1. The Labute approximate surface area is 112 Å². The molecule has 0 aliphatic rings. The highest BCUT2D eigenvalue weighted by atomic mass is 15.1. The molecule has 0 aromatic heterocycles. The molecule has 1 aromatic rings. The van der Waals surface area contributed by atoms with Crippen LogP contribution in [-0.4, -0.2) is 31.1 Å². The van der Waals surface area contributed by atoms with Gasteiger partial charge in [-0.25, -0.2) is 0 Å². The van der Waals surface area contributed by atoms with Gasteiger partial charge in [-0.15, -0.1) is 0 Å². The number of hydrogen-bond donors (Lipinski definition) is 1. The summed E-state index contributed by atoms with van der Waals surface area (Å²) in [4.78, 5) is 2.43. The Balaban J connectivity index is 2.77. The van der Waals surface area contributed by atoms with E-state index in [-0.39, 0.29) is 5.41 Å². The van der Waals surface area contributed by atoms with E-state index in [9.17, 15) is 0 Å². The maximum Gasteiger partial charge on any atom is 0.0174 e. The van der Waals surface area contributed by atoms with Crippen molar-refractivity contribution in [3.05, 3.63) is 35.9 Å². The second kappa shape index (κ2) is 6.91. The van der Waals surface area contributed by atoms with E-state index in [1.807, 2.05) is 0 Å². The molecular weight excluding hydrogens is 220 g/mol. The van der Waals surface area contributed by atoms with Crippen LogP contribution in [0.25, 0.3) is 0 Å². The first-order valence-corrected chi connectivity index (χ1v) is 6.99. The molecule has 102 valence electrons. The minimum atomic E-state index is 0.0397. The van der Waals surface area contributed by atoms with Gasteiger partial charge in [-0.05, 0) is 26.0 Å². The molecule has 2 atom stereocenters. The van der Waals surface area contributed by atoms with E-state index < -0.39 is 0 Å². The van der Waals surface area contributed by atoms with E-state index in [1.54, 1.807) is 0 Å². The largest absolute Gasteiger partial charge is 0.330 e. The number of nitrogens with two attached hydrogens (primary N) is 1. The topological polar surface area (TPSA) is 29.3 Å². The maximum atomic E-state index is 6.03. The predicted molar refractivity (Wildman–Crippen MR) is 79.8 cm³/mol. The molecule has 0 aliphatic carbocycles. The van der Waals surface area contributed by atoms with Gasteiger partial charge in [0.15, 0.2) is 0 Å². The Morgan fingerprint density at radius 1 is 1.28 bits per heavy atom. The quantitative estimate of drug-likeness (QED) is 0.803. The molecule has 0 radical (unpaired) electrons. The Hall–Kier alpha value is -0.860. The normalized spacial score (nSPS) is 16.6. The molecule has 0 saturated carbocycles. The molecule has 0 aliphatic heterocycles. The summed E-state index contributed by atoms with van der Waals surface area (Å²) in [5.74, 6) is 0. The van der Waals surface area contributed by atoms with Gasteiger partial charge in [0.05, 0.1) is 0 Å². The van der Waals surface area contributed by atoms with Crippen molar-refractivity contribution in [3.8, 4) is 0 Å². The summed E-state index contributed by atoms with van der Waals surface area (Å²) in [5.41, 5.74) is 7.41. The standard InChI is InChI=1S/C16H28N2/c1-5-9-14(2)18(4)13-16(3,12-17)15-10-7-6-8-11-15/h6-8,10-11,14H,5,9,12-13,17H2,1-4H3. The first-order chi connectivity index (χ1) is 8.53. The Morgan fingerprint density at radius 2 is 1.89 bits per heavy atom. The zero-order valence-corrected chi connectivity index (χ0v) is 12.3. The van der Waals surface area contributed by atoms with Crippen molar-refractivity contribution in [1.29, 1.82) is 0 Å². The molecule has 2 unspecified atom stereocenters. The highest BCUT2D eigenvalue weighted by molar-refractivity contribution is 5.25. The van der Waals surface area contributed by atoms with Crippen molar-refractivity contribution in [2.75, 3.05) is 20.1 Å². The van der Waals surface area contributed by atoms with Gasteiger partial charge in [-0.3, -0.25) is 0 Å². The summed E-state index contributed by atoms with van der Waals surface area (Å²) in [6, 6.07) is 11.2. The number of hydrogen-bond acceptors (Lipinski definition) is 2. The minimum absolute atomic E-state index is 0.0397. The van der Waals surface area contributed by atoms with Crippen LogP contribution in [0.4, 0.5) is 0 Å². The average molecular weight is 248 g/mol. The van der Waals surface area contributed by atoms with Gasteiger partial charge in [-0.1, -0.05) is 50.6 Å². The second-order valence-electron chi connectivity index (χ2n) is 5.68. The van der Waals surface area contributed by atoms with Crippen LogP contribution in [0.3, 0.4) is 0 Å². The zero-order chi connectivity index (χ0) is 13.6. The molecule has 0 heterocycles. The fraction of sp³-hybridized carbons (Fsp3) is 0.625. The molecule has 0 saturated heterocycles. The molecular formula is C16H28N2. The monoisotopic (exact) mass is 248 g/mol. The highest BCUT2D eigenvalue weighted by Crippen LogP contribution is 2.24. The summed E-state index contributed by atoms with van der Waals surface area (Å²) in [7, 11) is 2.21. The number of nitrogens with zero attached hydrogens (tertiary/aromatic N) is 1. The molecule has 1 aromatic carbocycles. The maximum absolute atomic E-state index is 6.03. The third kappa shape index (κ3) is 3.82. The van der Waals surface area contributed by atoms with Crippen LogP contribution in [-0.2, 0) is 5.41 Å². The van der Waals surface area contributed by atoms with E-state index in [1.165, 1.54) is 18.4 Å². The molecule has 18 heavy (non-hydrogen) atoms. The van der Waals surface area contributed by atoms with Gasteiger partial charge in [0.2, 0.25) is 0 Å². The summed E-state index contributed by atoms with van der Waals surface area (Å²) in [5, 5.41) is 0. The van der Waals surface area contributed by atoms with Gasteiger partial charge >= 0.3 is 0 Å². The molecule has 0 amide bonds. The van der Waals surface area contributed by atoms with Gasteiger partial charge in [0, 0.05) is 24.5 Å². The summed E-state index contributed by atoms with van der Waals surface area (Å²) >= 11 is 0. The Kier molecular flexibility index (Phi) is 5.83. The van der Waals surface area contributed by atoms with Crippen LogP contribution in [0.15, 0.2) is 30.3 Å². The number of likely N-dealkylation sites (N-methyl/N-ethyl adjacent to an activating group) is 1. The lowest BCUT2D eigenvalue weighted by Gasteiger charge is -2.36. The number of rotatable bonds is 7. The van der Waals surface area contributed by atoms with Crippen molar-refractivity contribution in [2.24, 2.45) is 5.73 Å². The first-order valence-electron chi connectivity index (χ1n) is 6.99. The summed E-state index contributed by atoms with van der Waals surface area (Å²) in [6.07, 6.45) is 2.47. The SMILES string of the molecule is CCCC(C)N(C)CC(C)(CN)c1ccccc1. The average Bonchev–Trinajstić information content (AvgIpc) is 2.39. The molecule has 0 fully saturated rings. The van der Waals surface area contributed by atoms with Gasteiger partial charge < -0.3 is 10.6 Å². The summed E-state index contributed by atoms with van der Waals surface area (Å²) < 4.78 is 0. The van der Waals surface area contributed by atoms with Crippen LogP contribution in [0.2, 0.25) is 0 Å². The fourth-order valence-electron chi connectivity index (χ4n) is 2.46.